The molecule has 6 aliphatic rings. The number of piperazine rings is 1. The van der Waals surface area contributed by atoms with Crippen molar-refractivity contribution in [2.75, 3.05) is 74.6 Å². The zero-order valence-electron chi connectivity index (χ0n) is 43.1. The van der Waals surface area contributed by atoms with Gasteiger partial charge in [0.2, 0.25) is 5.88 Å². The number of anilines is 4. The van der Waals surface area contributed by atoms with E-state index >= 15 is 4.39 Å². The molecule has 4 aliphatic heterocycles. The molecule has 2 saturated carbocycles. The summed E-state index contributed by atoms with van der Waals surface area (Å²) in [4.78, 5) is 42.9. The Morgan fingerprint density at radius 2 is 1.79 bits per heavy atom. The molecule has 0 bridgehead atoms. The fraction of sp³-hybridized carbons (Fsp3) is 0.527. The normalized spacial score (nSPS) is 25.3. The van der Waals surface area contributed by atoms with Crippen LogP contribution in [0.1, 0.15) is 101 Å². The summed E-state index contributed by atoms with van der Waals surface area (Å²) in [5.74, 6) is -0.137. The molecule has 11 rings (SSSR count). The number of aromatic nitrogens is 2. The molecule has 6 heterocycles. The number of H-pyrrole nitrogens is 1. The zero-order valence-corrected chi connectivity index (χ0v) is 43.9. The average Bonchev–Trinajstić information content (AvgIpc) is 3.75. The van der Waals surface area contributed by atoms with E-state index in [0.29, 0.717) is 49.8 Å². The molecule has 5 aromatic rings. The van der Waals surface area contributed by atoms with Gasteiger partial charge in [-0.2, -0.15) is 4.98 Å². The number of ether oxygens (including phenoxy) is 3. The standard InChI is InChI=1S/C55H68FN9O9S/c1-34(2)73-49-8-6-5-7-39(49)48-32-61(4)22-23-63(48)37-28-55(29-37)18-20-62(21-19-55)36-9-11-40(45(25-36)64-44-15-24-72-33-50(44)74-53-47(64)27-41-42(56)31-58-51(41)59-53)52(66)60-75(70,71)38-10-12-43(46(26-38)65(68)69)57-30-35-13-16-54(3,67)17-14-35/h5-12,25-27,31,34-35,37,44,48,50,57,67H,13-24,28-30,32-33H2,1-4H3,(H,58,59)(H,60,66)/t35?,44-,48+,50-,54?/m0/s1. The number of likely N-dealkylation sites (N-methyl/N-ethyl adjacent to an activating group) is 1. The summed E-state index contributed by atoms with van der Waals surface area (Å²) in [5.41, 5.74) is 2.33. The SMILES string of the molecule is CC(C)Oc1ccccc1[C@H]1CN(C)CCN1C1CC2(CCN(c3ccc(C(=O)NS(=O)(=O)c4ccc(NCC5CCC(C)(O)CC5)c([N+](=O)[O-])c4)c(N4c5cc6c(F)c[nH]c6nc5O[C@H]5COCC[C@@H]54)c3)CC2)C1. The third-order valence-electron chi connectivity index (χ3n) is 16.9. The maximum atomic E-state index is 15.3. The first-order valence-electron chi connectivity index (χ1n) is 26.6. The molecule has 1 spiro atoms. The van der Waals surface area contributed by atoms with Gasteiger partial charge in [0, 0.05) is 75.4 Å². The smallest absolute Gasteiger partial charge is 0.293 e. The van der Waals surface area contributed by atoms with Gasteiger partial charge in [-0.25, -0.2) is 17.5 Å². The number of nitro benzene ring substituents is 1. The topological polar surface area (TPSA) is 208 Å². The van der Waals surface area contributed by atoms with Crippen molar-refractivity contribution in [3.05, 3.63) is 100.0 Å². The number of aliphatic hydroxyl groups is 1. The van der Waals surface area contributed by atoms with Gasteiger partial charge in [-0.1, -0.05) is 18.2 Å². The number of carbonyl (C=O) groups excluding carboxylic acids is 1. The summed E-state index contributed by atoms with van der Waals surface area (Å²) in [6.07, 6.45) is 8.13. The molecule has 5 fully saturated rings. The van der Waals surface area contributed by atoms with E-state index in [1.807, 2.05) is 23.1 Å². The molecule has 2 aliphatic carbocycles. The lowest BCUT2D eigenvalue weighted by Crippen LogP contribution is -2.59. The van der Waals surface area contributed by atoms with Gasteiger partial charge in [0.15, 0.2) is 0 Å². The first-order valence-corrected chi connectivity index (χ1v) is 28.0. The lowest BCUT2D eigenvalue weighted by atomic mass is 9.59. The van der Waals surface area contributed by atoms with Crippen LogP contribution in [0.15, 0.2) is 77.8 Å². The first kappa shape index (κ1) is 51.1. The molecule has 1 amide bonds. The monoisotopic (exact) mass is 1050 g/mol. The Bertz CT molecular complexity index is 3070. The summed E-state index contributed by atoms with van der Waals surface area (Å²) < 4.78 is 64.6. The van der Waals surface area contributed by atoms with E-state index in [9.17, 15) is 28.4 Å². The van der Waals surface area contributed by atoms with Crippen LogP contribution in [0.25, 0.3) is 11.0 Å². The van der Waals surface area contributed by atoms with Crippen molar-refractivity contribution in [1.82, 2.24) is 24.5 Å². The van der Waals surface area contributed by atoms with Crippen molar-refractivity contribution in [2.24, 2.45) is 11.3 Å². The summed E-state index contributed by atoms with van der Waals surface area (Å²) >= 11 is 0. The number of sulfonamides is 1. The minimum atomic E-state index is -4.68. The number of hydrogen-bond acceptors (Lipinski definition) is 15. The van der Waals surface area contributed by atoms with E-state index in [4.69, 9.17) is 14.2 Å². The number of benzene rings is 3. The number of fused-ring (bicyclic) bond motifs is 3. The molecule has 3 atom stereocenters. The Hall–Kier alpha value is -6.06. The molecule has 20 heteroatoms. The molecule has 0 radical (unpaired) electrons. The van der Waals surface area contributed by atoms with Crippen LogP contribution < -0.4 is 29.3 Å². The maximum Gasteiger partial charge on any atom is 0.293 e. The quantitative estimate of drug-likeness (QED) is 0.0646. The van der Waals surface area contributed by atoms with E-state index in [1.54, 1.807) is 19.1 Å². The summed E-state index contributed by atoms with van der Waals surface area (Å²) in [5, 5.41) is 26.1. The highest BCUT2D eigenvalue weighted by atomic mass is 32.2. The second-order valence-electron chi connectivity index (χ2n) is 22.5. The number of rotatable bonds is 13. The number of nitro groups is 1. The van der Waals surface area contributed by atoms with Crippen LogP contribution >= 0.6 is 0 Å². The van der Waals surface area contributed by atoms with Gasteiger partial charge < -0.3 is 44.3 Å². The minimum Gasteiger partial charge on any atom is -0.491 e. The van der Waals surface area contributed by atoms with Crippen molar-refractivity contribution in [2.45, 2.75) is 119 Å². The number of amides is 1. The van der Waals surface area contributed by atoms with Crippen molar-refractivity contribution < 1.29 is 41.8 Å². The zero-order chi connectivity index (χ0) is 52.4. The third kappa shape index (κ3) is 10.2. The fourth-order valence-electron chi connectivity index (χ4n) is 12.7. The fourth-order valence-corrected chi connectivity index (χ4v) is 13.6. The summed E-state index contributed by atoms with van der Waals surface area (Å²) in [6.45, 7) is 11.4. The van der Waals surface area contributed by atoms with Gasteiger partial charge in [-0.15, -0.1) is 0 Å². The second kappa shape index (κ2) is 20.1. The number of para-hydroxylation sites is 1. The van der Waals surface area contributed by atoms with Crippen molar-refractivity contribution >= 4 is 55.4 Å². The van der Waals surface area contributed by atoms with E-state index in [2.05, 4.69) is 73.8 Å². The van der Waals surface area contributed by atoms with Gasteiger partial charge in [0.05, 0.1) is 56.9 Å². The van der Waals surface area contributed by atoms with E-state index < -0.39 is 55.0 Å². The molecule has 400 valence electrons. The van der Waals surface area contributed by atoms with Crippen LogP contribution in [0.4, 0.5) is 32.8 Å². The van der Waals surface area contributed by atoms with Crippen molar-refractivity contribution in [3.63, 3.8) is 0 Å². The Labute approximate surface area is 437 Å². The Balaban J connectivity index is 0.868. The first-order chi connectivity index (χ1) is 35.9. The molecular weight excluding hydrogens is 982 g/mol. The van der Waals surface area contributed by atoms with Crippen LogP contribution in [0.2, 0.25) is 0 Å². The Morgan fingerprint density at radius 3 is 2.55 bits per heavy atom. The van der Waals surface area contributed by atoms with E-state index in [1.165, 1.54) is 23.9 Å². The highest BCUT2D eigenvalue weighted by molar-refractivity contribution is 7.90. The number of nitrogens with zero attached hydrogens (tertiary/aromatic N) is 6. The van der Waals surface area contributed by atoms with E-state index in [-0.39, 0.29) is 58.2 Å². The van der Waals surface area contributed by atoms with Crippen LogP contribution in [0, 0.1) is 27.3 Å². The predicted octanol–water partition coefficient (Wildman–Crippen LogP) is 8.29. The lowest BCUT2D eigenvalue weighted by molar-refractivity contribution is -0.384. The molecule has 0 unspecified atom stereocenters. The molecule has 18 nitrogen and oxygen atoms in total. The number of pyridine rings is 1. The highest BCUT2D eigenvalue weighted by Crippen LogP contribution is 2.54. The number of aromatic amines is 1. The highest BCUT2D eigenvalue weighted by Gasteiger charge is 2.50. The number of hydrogen-bond donors (Lipinski definition) is 4. The Kier molecular flexibility index (Phi) is 13.7. The minimum absolute atomic E-state index is 0.0201. The third-order valence-corrected chi connectivity index (χ3v) is 18.2. The molecule has 3 aromatic carbocycles. The van der Waals surface area contributed by atoms with Crippen LogP contribution in [-0.2, 0) is 14.8 Å². The molecule has 4 N–H and O–H groups in total. The van der Waals surface area contributed by atoms with Crippen LogP contribution in [-0.4, -0.2) is 134 Å². The lowest BCUT2D eigenvalue weighted by Gasteiger charge is -2.58. The van der Waals surface area contributed by atoms with Gasteiger partial charge >= 0.3 is 0 Å². The largest absolute Gasteiger partial charge is 0.491 e. The van der Waals surface area contributed by atoms with Crippen molar-refractivity contribution in [1.29, 1.82) is 0 Å². The number of carbonyl (C=O) groups is 1. The van der Waals surface area contributed by atoms with Crippen LogP contribution in [0.5, 0.6) is 11.6 Å². The van der Waals surface area contributed by atoms with Crippen LogP contribution in [0.3, 0.4) is 0 Å². The molecule has 75 heavy (non-hydrogen) atoms. The average molecular weight is 1050 g/mol. The molecular formula is C55H68FN9O9S. The van der Waals surface area contributed by atoms with E-state index in [0.717, 1.165) is 88.8 Å². The maximum absolute atomic E-state index is 15.3. The van der Waals surface area contributed by atoms with Gasteiger partial charge in [-0.05, 0) is 139 Å². The number of piperidine rings is 1. The molecule has 3 saturated heterocycles. The summed E-state index contributed by atoms with van der Waals surface area (Å²) in [7, 11) is -2.49. The van der Waals surface area contributed by atoms with Crippen molar-refractivity contribution in [3.8, 4) is 11.6 Å². The second-order valence-corrected chi connectivity index (χ2v) is 24.1. The van der Waals surface area contributed by atoms with Gasteiger partial charge in [0.1, 0.15) is 34.7 Å². The summed E-state index contributed by atoms with van der Waals surface area (Å²) in [6, 6.07) is 19.3. The van der Waals surface area contributed by atoms with Gasteiger partial charge in [-0.3, -0.25) is 19.8 Å². The number of halogens is 1. The number of nitrogens with one attached hydrogen (secondary N) is 3. The molecule has 2 aromatic heterocycles. The van der Waals surface area contributed by atoms with Gasteiger partial charge in [0.25, 0.3) is 21.6 Å². The Morgan fingerprint density at radius 1 is 1.01 bits per heavy atom. The predicted molar refractivity (Wildman–Crippen MR) is 283 cm³/mol.